The van der Waals surface area contributed by atoms with Crippen LogP contribution < -0.4 is 5.84 Å². The van der Waals surface area contributed by atoms with E-state index in [1.54, 1.807) is 4.68 Å². The van der Waals surface area contributed by atoms with Crippen molar-refractivity contribution in [3.8, 4) is 0 Å². The SMILES string of the molecule is CCCCCCCCCc1nc(C)c(C)n1N. The van der Waals surface area contributed by atoms with Gasteiger partial charge in [-0.3, -0.25) is 4.68 Å². The molecule has 2 N–H and O–H groups in total. The van der Waals surface area contributed by atoms with Crippen molar-refractivity contribution in [3.05, 3.63) is 17.2 Å². The average molecular weight is 237 g/mol. The van der Waals surface area contributed by atoms with Crippen LogP contribution in [0.15, 0.2) is 0 Å². The van der Waals surface area contributed by atoms with Gasteiger partial charge in [0.1, 0.15) is 5.82 Å². The van der Waals surface area contributed by atoms with Crippen LogP contribution >= 0.6 is 0 Å². The monoisotopic (exact) mass is 237 g/mol. The van der Waals surface area contributed by atoms with E-state index in [2.05, 4.69) is 11.9 Å². The second-order valence-corrected chi connectivity index (χ2v) is 4.94. The van der Waals surface area contributed by atoms with Gasteiger partial charge in [-0.15, -0.1) is 0 Å². The topological polar surface area (TPSA) is 43.8 Å². The molecule has 0 unspecified atom stereocenters. The number of hydrogen-bond donors (Lipinski definition) is 1. The minimum atomic E-state index is 1.01. The zero-order valence-corrected chi connectivity index (χ0v) is 11.6. The van der Waals surface area contributed by atoms with E-state index in [-0.39, 0.29) is 0 Å². The molecular formula is C14H27N3. The molecule has 1 rings (SSSR count). The van der Waals surface area contributed by atoms with Gasteiger partial charge in [-0.2, -0.15) is 0 Å². The molecule has 3 nitrogen and oxygen atoms in total. The Hall–Kier alpha value is -0.990. The van der Waals surface area contributed by atoms with E-state index < -0.39 is 0 Å². The van der Waals surface area contributed by atoms with Crippen molar-refractivity contribution < 1.29 is 0 Å². The molecule has 98 valence electrons. The predicted octanol–water partition coefficient (Wildman–Crippen LogP) is 3.51. The summed E-state index contributed by atoms with van der Waals surface area (Å²) >= 11 is 0. The van der Waals surface area contributed by atoms with Gasteiger partial charge in [-0.25, -0.2) is 4.98 Å². The highest BCUT2D eigenvalue weighted by Crippen LogP contribution is 2.11. The van der Waals surface area contributed by atoms with E-state index in [1.165, 1.54) is 44.9 Å². The van der Waals surface area contributed by atoms with E-state index in [1.807, 2.05) is 13.8 Å². The average Bonchev–Trinajstić information content (AvgIpc) is 2.56. The summed E-state index contributed by atoms with van der Waals surface area (Å²) in [6.07, 6.45) is 10.3. The summed E-state index contributed by atoms with van der Waals surface area (Å²) in [6.45, 7) is 6.30. The maximum atomic E-state index is 5.94. The Balaban J connectivity index is 2.16. The lowest BCUT2D eigenvalue weighted by Crippen LogP contribution is -2.14. The van der Waals surface area contributed by atoms with Crippen LogP contribution in [-0.4, -0.2) is 9.66 Å². The highest BCUT2D eigenvalue weighted by Gasteiger charge is 2.07. The zero-order chi connectivity index (χ0) is 12.7. The Morgan fingerprint density at radius 3 is 2.12 bits per heavy atom. The third kappa shape index (κ3) is 4.41. The number of imidazole rings is 1. The molecule has 0 aliphatic rings. The third-order valence-corrected chi connectivity index (χ3v) is 3.46. The second-order valence-electron chi connectivity index (χ2n) is 4.94. The van der Waals surface area contributed by atoms with Crippen LogP contribution in [0.2, 0.25) is 0 Å². The fourth-order valence-electron chi connectivity index (χ4n) is 2.11. The summed E-state index contributed by atoms with van der Waals surface area (Å²) in [5.74, 6) is 6.97. The maximum absolute atomic E-state index is 5.94. The van der Waals surface area contributed by atoms with Crippen molar-refractivity contribution in [3.63, 3.8) is 0 Å². The zero-order valence-electron chi connectivity index (χ0n) is 11.6. The van der Waals surface area contributed by atoms with Crippen LogP contribution in [0.3, 0.4) is 0 Å². The summed E-state index contributed by atoms with van der Waals surface area (Å²) in [4.78, 5) is 4.49. The Morgan fingerprint density at radius 1 is 1.00 bits per heavy atom. The number of nitrogens with zero attached hydrogens (tertiary/aromatic N) is 2. The largest absolute Gasteiger partial charge is 0.338 e. The van der Waals surface area contributed by atoms with Gasteiger partial charge < -0.3 is 5.84 Å². The fourth-order valence-corrected chi connectivity index (χ4v) is 2.11. The van der Waals surface area contributed by atoms with Gasteiger partial charge in [-0.1, -0.05) is 45.4 Å². The molecule has 0 spiro atoms. The standard InChI is InChI=1S/C14H27N3/c1-4-5-6-7-8-9-10-11-14-16-12(2)13(3)17(14)15/h4-11,15H2,1-3H3. The number of unbranched alkanes of at least 4 members (excludes halogenated alkanes) is 6. The minimum Gasteiger partial charge on any atom is -0.338 e. The molecule has 0 amide bonds. The van der Waals surface area contributed by atoms with E-state index in [4.69, 9.17) is 5.84 Å². The van der Waals surface area contributed by atoms with Gasteiger partial charge in [0.15, 0.2) is 0 Å². The number of nitrogens with two attached hydrogens (primary N) is 1. The molecule has 0 aromatic carbocycles. The highest BCUT2D eigenvalue weighted by atomic mass is 15.3. The summed E-state index contributed by atoms with van der Waals surface area (Å²) in [5.41, 5.74) is 2.15. The first-order valence-electron chi connectivity index (χ1n) is 6.96. The lowest BCUT2D eigenvalue weighted by Gasteiger charge is -2.03. The summed E-state index contributed by atoms with van der Waals surface area (Å²) in [6, 6.07) is 0. The van der Waals surface area contributed by atoms with Crippen LogP contribution in [0.4, 0.5) is 0 Å². The number of aromatic nitrogens is 2. The van der Waals surface area contributed by atoms with Gasteiger partial charge in [0.2, 0.25) is 0 Å². The molecule has 0 radical (unpaired) electrons. The summed E-state index contributed by atoms with van der Waals surface area (Å²) < 4.78 is 1.74. The Morgan fingerprint density at radius 2 is 1.59 bits per heavy atom. The van der Waals surface area contributed by atoms with Crippen molar-refractivity contribution in [2.24, 2.45) is 0 Å². The van der Waals surface area contributed by atoms with E-state index in [0.717, 1.165) is 23.6 Å². The molecule has 0 aliphatic carbocycles. The summed E-state index contributed by atoms with van der Waals surface area (Å²) in [7, 11) is 0. The van der Waals surface area contributed by atoms with E-state index >= 15 is 0 Å². The molecule has 0 fully saturated rings. The Bertz CT molecular complexity index is 328. The Kier molecular flexibility index (Phi) is 6.09. The molecule has 1 aromatic rings. The smallest absolute Gasteiger partial charge is 0.127 e. The van der Waals surface area contributed by atoms with Gasteiger partial charge in [0.25, 0.3) is 0 Å². The van der Waals surface area contributed by atoms with Crippen molar-refractivity contribution in [2.75, 3.05) is 5.84 Å². The predicted molar refractivity (Wildman–Crippen MR) is 73.5 cm³/mol. The van der Waals surface area contributed by atoms with Crippen molar-refractivity contribution in [2.45, 2.75) is 72.1 Å². The van der Waals surface area contributed by atoms with Crippen LogP contribution in [0.1, 0.15) is 69.1 Å². The van der Waals surface area contributed by atoms with Gasteiger partial charge in [-0.05, 0) is 20.3 Å². The first-order valence-corrected chi connectivity index (χ1v) is 6.96. The second kappa shape index (κ2) is 7.36. The molecule has 0 saturated heterocycles. The third-order valence-electron chi connectivity index (χ3n) is 3.46. The molecule has 0 bridgehead atoms. The molecular weight excluding hydrogens is 210 g/mol. The molecule has 0 saturated carbocycles. The normalized spacial score (nSPS) is 11.0. The van der Waals surface area contributed by atoms with Crippen LogP contribution in [0.25, 0.3) is 0 Å². The first-order chi connectivity index (χ1) is 8.16. The van der Waals surface area contributed by atoms with Crippen molar-refractivity contribution >= 4 is 0 Å². The molecule has 3 heteroatoms. The summed E-state index contributed by atoms with van der Waals surface area (Å²) in [5, 5.41) is 0. The lowest BCUT2D eigenvalue weighted by molar-refractivity contribution is 0.581. The molecule has 0 aliphatic heterocycles. The van der Waals surface area contributed by atoms with Gasteiger partial charge in [0, 0.05) is 6.42 Å². The number of aryl methyl sites for hydroxylation is 2. The lowest BCUT2D eigenvalue weighted by atomic mass is 10.1. The van der Waals surface area contributed by atoms with E-state index in [0.29, 0.717) is 0 Å². The molecule has 17 heavy (non-hydrogen) atoms. The fraction of sp³-hybridized carbons (Fsp3) is 0.786. The number of hydrogen-bond acceptors (Lipinski definition) is 2. The minimum absolute atomic E-state index is 1.01. The highest BCUT2D eigenvalue weighted by molar-refractivity contribution is 5.14. The quantitative estimate of drug-likeness (QED) is 0.555. The van der Waals surface area contributed by atoms with Gasteiger partial charge in [0.05, 0.1) is 11.4 Å². The van der Waals surface area contributed by atoms with Crippen molar-refractivity contribution in [1.82, 2.24) is 9.66 Å². The van der Waals surface area contributed by atoms with Crippen molar-refractivity contribution in [1.29, 1.82) is 0 Å². The van der Waals surface area contributed by atoms with Crippen LogP contribution in [-0.2, 0) is 6.42 Å². The molecule has 0 atom stereocenters. The Labute approximate surface area is 105 Å². The maximum Gasteiger partial charge on any atom is 0.127 e. The number of nitrogen functional groups attached to an aromatic ring is 1. The molecule has 1 heterocycles. The molecule has 1 aromatic heterocycles. The van der Waals surface area contributed by atoms with Gasteiger partial charge >= 0.3 is 0 Å². The number of rotatable bonds is 8. The van der Waals surface area contributed by atoms with E-state index in [9.17, 15) is 0 Å². The van der Waals surface area contributed by atoms with Crippen LogP contribution in [0, 0.1) is 13.8 Å². The van der Waals surface area contributed by atoms with Crippen LogP contribution in [0.5, 0.6) is 0 Å². The first kappa shape index (κ1) is 14.1.